The van der Waals surface area contributed by atoms with Crippen molar-refractivity contribution < 1.29 is 9.53 Å². The van der Waals surface area contributed by atoms with Gasteiger partial charge in [-0.1, -0.05) is 53.3 Å². The first-order valence-electron chi connectivity index (χ1n) is 9.02. The monoisotopic (exact) mass is 437 g/mol. The van der Waals surface area contributed by atoms with Gasteiger partial charge in [0, 0.05) is 24.2 Å². The van der Waals surface area contributed by atoms with E-state index < -0.39 is 0 Å². The number of hydrogen-bond acceptors (Lipinski definition) is 7. The van der Waals surface area contributed by atoms with E-state index in [1.54, 1.807) is 12.4 Å². The lowest BCUT2D eigenvalue weighted by Crippen LogP contribution is -2.12. The molecule has 0 aliphatic rings. The quantitative estimate of drug-likeness (QED) is 0.454. The Hall–Kier alpha value is -3.36. The SMILES string of the molecule is C[C@H](Oc1ncc(C(=O)Nc2nnc(-c3ccncc3)s2)cc1Cl)c1ccccc1. The van der Waals surface area contributed by atoms with Crippen molar-refractivity contribution in [3.63, 3.8) is 0 Å². The molecule has 150 valence electrons. The zero-order chi connectivity index (χ0) is 20.9. The third kappa shape index (κ3) is 4.61. The zero-order valence-electron chi connectivity index (χ0n) is 15.8. The minimum atomic E-state index is -0.385. The largest absolute Gasteiger partial charge is 0.469 e. The molecule has 0 bridgehead atoms. The summed E-state index contributed by atoms with van der Waals surface area (Å²) in [6.45, 7) is 1.91. The highest BCUT2D eigenvalue weighted by Gasteiger charge is 2.16. The van der Waals surface area contributed by atoms with E-state index in [4.69, 9.17) is 16.3 Å². The Kier molecular flexibility index (Phi) is 5.97. The van der Waals surface area contributed by atoms with Crippen molar-refractivity contribution in [2.75, 3.05) is 5.32 Å². The Morgan fingerprint density at radius 2 is 1.90 bits per heavy atom. The summed E-state index contributed by atoms with van der Waals surface area (Å²) in [5.74, 6) is -0.120. The molecular formula is C21H16ClN5O2S. The number of pyridine rings is 2. The van der Waals surface area contributed by atoms with Gasteiger partial charge in [-0.2, -0.15) is 0 Å². The molecule has 0 fully saturated rings. The van der Waals surface area contributed by atoms with Crippen LogP contribution in [0, 0.1) is 0 Å². The molecule has 0 aliphatic heterocycles. The molecule has 3 aromatic heterocycles. The third-order valence-corrected chi connectivity index (χ3v) is 5.36. The van der Waals surface area contributed by atoms with Gasteiger partial charge in [-0.3, -0.25) is 15.1 Å². The number of aromatic nitrogens is 4. The van der Waals surface area contributed by atoms with Crippen LogP contribution in [-0.4, -0.2) is 26.1 Å². The van der Waals surface area contributed by atoms with Gasteiger partial charge in [0.15, 0.2) is 0 Å². The van der Waals surface area contributed by atoms with Gasteiger partial charge in [0.1, 0.15) is 16.1 Å². The topological polar surface area (TPSA) is 89.9 Å². The summed E-state index contributed by atoms with van der Waals surface area (Å²) >= 11 is 7.56. The number of nitrogens with zero attached hydrogens (tertiary/aromatic N) is 4. The number of hydrogen-bond donors (Lipinski definition) is 1. The van der Waals surface area contributed by atoms with Gasteiger partial charge in [0.2, 0.25) is 11.0 Å². The number of rotatable bonds is 6. The average molecular weight is 438 g/mol. The van der Waals surface area contributed by atoms with E-state index in [-0.39, 0.29) is 22.9 Å². The molecule has 4 aromatic rings. The number of benzene rings is 1. The van der Waals surface area contributed by atoms with Gasteiger partial charge in [-0.05, 0) is 30.7 Å². The number of halogens is 1. The summed E-state index contributed by atoms with van der Waals surface area (Å²) < 4.78 is 5.84. The van der Waals surface area contributed by atoms with Crippen molar-refractivity contribution in [1.82, 2.24) is 20.2 Å². The fraction of sp³-hybridized carbons (Fsp3) is 0.0952. The lowest BCUT2D eigenvalue weighted by Gasteiger charge is -2.15. The third-order valence-electron chi connectivity index (χ3n) is 4.20. The van der Waals surface area contributed by atoms with Crippen LogP contribution in [0.4, 0.5) is 5.13 Å². The lowest BCUT2D eigenvalue weighted by molar-refractivity contribution is 0.102. The highest BCUT2D eigenvalue weighted by molar-refractivity contribution is 7.18. The van der Waals surface area contributed by atoms with Gasteiger partial charge in [0.05, 0.1) is 5.56 Å². The maximum atomic E-state index is 12.5. The second-order valence-corrected chi connectivity index (χ2v) is 7.67. The minimum Gasteiger partial charge on any atom is -0.469 e. The summed E-state index contributed by atoms with van der Waals surface area (Å²) in [6.07, 6.45) is 4.53. The van der Waals surface area contributed by atoms with E-state index in [0.29, 0.717) is 15.7 Å². The molecule has 1 amide bonds. The highest BCUT2D eigenvalue weighted by Crippen LogP contribution is 2.29. The smallest absolute Gasteiger partial charge is 0.259 e. The molecule has 0 unspecified atom stereocenters. The van der Waals surface area contributed by atoms with Crippen molar-refractivity contribution in [1.29, 1.82) is 0 Å². The van der Waals surface area contributed by atoms with Crippen molar-refractivity contribution in [3.05, 3.63) is 83.3 Å². The lowest BCUT2D eigenvalue weighted by atomic mass is 10.1. The van der Waals surface area contributed by atoms with Crippen molar-refractivity contribution >= 4 is 34.0 Å². The van der Waals surface area contributed by atoms with Gasteiger partial charge in [0.25, 0.3) is 5.91 Å². The number of nitrogens with one attached hydrogen (secondary N) is 1. The van der Waals surface area contributed by atoms with Crippen LogP contribution in [0.1, 0.15) is 28.9 Å². The van der Waals surface area contributed by atoms with Crippen LogP contribution in [0.25, 0.3) is 10.6 Å². The molecular weight excluding hydrogens is 422 g/mol. The van der Waals surface area contributed by atoms with Gasteiger partial charge in [-0.15, -0.1) is 10.2 Å². The molecule has 1 atom stereocenters. The van der Waals surface area contributed by atoms with Crippen LogP contribution >= 0.6 is 22.9 Å². The van der Waals surface area contributed by atoms with Crippen LogP contribution in [0.15, 0.2) is 67.1 Å². The summed E-state index contributed by atoms with van der Waals surface area (Å²) in [5.41, 5.74) is 2.17. The van der Waals surface area contributed by atoms with Crippen LogP contribution in [0.2, 0.25) is 5.02 Å². The molecule has 9 heteroatoms. The van der Waals surface area contributed by atoms with Gasteiger partial charge in [-0.25, -0.2) is 4.98 Å². The Morgan fingerprint density at radius 3 is 2.63 bits per heavy atom. The minimum absolute atomic E-state index is 0.233. The molecule has 0 spiro atoms. The van der Waals surface area contributed by atoms with Crippen molar-refractivity contribution in [2.45, 2.75) is 13.0 Å². The molecule has 3 heterocycles. The first kappa shape index (κ1) is 19.9. The summed E-state index contributed by atoms with van der Waals surface area (Å²) in [7, 11) is 0. The summed E-state index contributed by atoms with van der Waals surface area (Å²) in [4.78, 5) is 20.7. The Balaban J connectivity index is 1.44. The standard InChI is InChI=1S/C21H16ClN5O2S/c1-13(14-5-3-2-4-6-14)29-19-17(22)11-16(12-24-19)18(28)25-21-27-26-20(30-21)15-7-9-23-10-8-15/h2-13H,1H3,(H,25,27,28)/t13-/m0/s1. The Labute approximate surface area is 181 Å². The normalized spacial score (nSPS) is 11.7. The second-order valence-electron chi connectivity index (χ2n) is 6.28. The highest BCUT2D eigenvalue weighted by atomic mass is 35.5. The predicted octanol–water partition coefficient (Wildman–Crippen LogP) is 5.04. The first-order valence-corrected chi connectivity index (χ1v) is 10.2. The second kappa shape index (κ2) is 8.98. The van der Waals surface area contributed by atoms with E-state index in [0.717, 1.165) is 11.1 Å². The maximum absolute atomic E-state index is 12.5. The fourth-order valence-electron chi connectivity index (χ4n) is 2.65. The van der Waals surface area contributed by atoms with E-state index in [1.807, 2.05) is 49.4 Å². The zero-order valence-corrected chi connectivity index (χ0v) is 17.4. The molecule has 7 nitrogen and oxygen atoms in total. The predicted molar refractivity (Wildman–Crippen MR) is 116 cm³/mol. The molecule has 0 aliphatic carbocycles. The van der Waals surface area contributed by atoms with Crippen molar-refractivity contribution in [3.8, 4) is 16.5 Å². The molecule has 0 saturated carbocycles. The van der Waals surface area contributed by atoms with E-state index in [2.05, 4.69) is 25.5 Å². The van der Waals surface area contributed by atoms with Crippen LogP contribution in [-0.2, 0) is 0 Å². The molecule has 4 rings (SSSR count). The number of carbonyl (C=O) groups excluding carboxylic acids is 1. The first-order chi connectivity index (χ1) is 14.6. The molecule has 0 saturated heterocycles. The van der Waals surface area contributed by atoms with Crippen molar-refractivity contribution in [2.24, 2.45) is 0 Å². The Bertz CT molecular complexity index is 1150. The maximum Gasteiger partial charge on any atom is 0.259 e. The van der Waals surface area contributed by atoms with E-state index in [1.165, 1.54) is 23.6 Å². The van der Waals surface area contributed by atoms with Crippen LogP contribution in [0.3, 0.4) is 0 Å². The number of amides is 1. The summed E-state index contributed by atoms with van der Waals surface area (Å²) in [5, 5.41) is 12.1. The fourth-order valence-corrected chi connectivity index (χ4v) is 3.60. The number of ether oxygens (including phenoxy) is 1. The average Bonchev–Trinajstić information content (AvgIpc) is 3.24. The van der Waals surface area contributed by atoms with E-state index in [9.17, 15) is 4.79 Å². The summed E-state index contributed by atoms with van der Waals surface area (Å²) in [6, 6.07) is 14.9. The molecule has 1 aromatic carbocycles. The molecule has 30 heavy (non-hydrogen) atoms. The Morgan fingerprint density at radius 1 is 1.13 bits per heavy atom. The van der Waals surface area contributed by atoms with Crippen LogP contribution in [0.5, 0.6) is 5.88 Å². The molecule has 0 radical (unpaired) electrons. The number of carbonyl (C=O) groups is 1. The van der Waals surface area contributed by atoms with E-state index >= 15 is 0 Å². The van der Waals surface area contributed by atoms with Crippen LogP contribution < -0.4 is 10.1 Å². The molecule has 1 N–H and O–H groups in total. The van der Waals surface area contributed by atoms with Gasteiger partial charge >= 0.3 is 0 Å². The van der Waals surface area contributed by atoms with Gasteiger partial charge < -0.3 is 4.74 Å². The number of anilines is 1.